The number of rotatable bonds is 6. The van der Waals surface area contributed by atoms with Gasteiger partial charge in [0.1, 0.15) is 5.82 Å². The van der Waals surface area contributed by atoms with E-state index in [1.807, 2.05) is 18.2 Å². The number of likely N-dealkylation sites (N-methyl/N-ethyl adjacent to an activating group) is 1. The number of halogens is 1. The Hall–Kier alpha value is -2.73. The Morgan fingerprint density at radius 3 is 2.65 bits per heavy atom. The van der Waals surface area contributed by atoms with Crippen LogP contribution in [0.25, 0.3) is 0 Å². The zero-order chi connectivity index (χ0) is 18.5. The fourth-order valence-corrected chi connectivity index (χ4v) is 3.13. The van der Waals surface area contributed by atoms with Gasteiger partial charge in [0, 0.05) is 25.1 Å². The Kier molecular flexibility index (Phi) is 5.63. The third-order valence-electron chi connectivity index (χ3n) is 4.35. The van der Waals surface area contributed by atoms with E-state index in [0.29, 0.717) is 30.8 Å². The number of anilines is 2. The monoisotopic (exact) mass is 355 g/mol. The average molecular weight is 355 g/mol. The summed E-state index contributed by atoms with van der Waals surface area (Å²) < 4.78 is 13.7. The molecule has 5 nitrogen and oxygen atoms in total. The molecule has 0 atom stereocenters. The van der Waals surface area contributed by atoms with Crippen LogP contribution in [-0.4, -0.2) is 36.9 Å². The lowest BCUT2D eigenvalue weighted by Gasteiger charge is -2.21. The first-order valence-electron chi connectivity index (χ1n) is 8.66. The van der Waals surface area contributed by atoms with Crippen LogP contribution in [0.5, 0.6) is 0 Å². The predicted molar refractivity (Wildman–Crippen MR) is 99.4 cm³/mol. The number of carbonyl (C=O) groups is 2. The fraction of sp³-hybridized carbons (Fsp3) is 0.300. The highest BCUT2D eigenvalue weighted by atomic mass is 19.1. The van der Waals surface area contributed by atoms with Crippen LogP contribution in [0.4, 0.5) is 15.8 Å². The average Bonchev–Trinajstić information content (AvgIpc) is 3.03. The molecule has 0 unspecified atom stereocenters. The second kappa shape index (κ2) is 8.10. The quantitative estimate of drug-likeness (QED) is 0.867. The predicted octanol–water partition coefficient (Wildman–Crippen LogP) is 3.02. The zero-order valence-electron chi connectivity index (χ0n) is 14.7. The van der Waals surface area contributed by atoms with Crippen molar-refractivity contribution in [2.45, 2.75) is 19.4 Å². The van der Waals surface area contributed by atoms with Crippen molar-refractivity contribution in [1.29, 1.82) is 0 Å². The molecule has 2 aromatic rings. The number of carbonyl (C=O) groups excluding carboxylic acids is 2. The van der Waals surface area contributed by atoms with Crippen molar-refractivity contribution in [2.75, 3.05) is 30.4 Å². The van der Waals surface area contributed by atoms with Crippen LogP contribution in [0.2, 0.25) is 0 Å². The Morgan fingerprint density at radius 2 is 1.92 bits per heavy atom. The molecule has 1 saturated heterocycles. The van der Waals surface area contributed by atoms with Gasteiger partial charge in [-0.3, -0.25) is 14.5 Å². The summed E-state index contributed by atoms with van der Waals surface area (Å²) in [5.41, 5.74) is 1.89. The van der Waals surface area contributed by atoms with Crippen LogP contribution in [0, 0.1) is 5.82 Å². The van der Waals surface area contributed by atoms with Gasteiger partial charge in [-0.15, -0.1) is 0 Å². The van der Waals surface area contributed by atoms with Gasteiger partial charge in [-0.25, -0.2) is 4.39 Å². The third-order valence-corrected chi connectivity index (χ3v) is 4.35. The SMILES string of the molecule is CN(CC(=O)Nc1ccccc1N1CCCC1=O)Cc1ccccc1F. The molecule has 2 amide bonds. The molecule has 1 aliphatic rings. The van der Waals surface area contributed by atoms with E-state index in [2.05, 4.69) is 5.32 Å². The maximum atomic E-state index is 13.7. The van der Waals surface area contributed by atoms with Crippen LogP contribution < -0.4 is 10.2 Å². The molecule has 0 aromatic heterocycles. The van der Waals surface area contributed by atoms with Crippen molar-refractivity contribution < 1.29 is 14.0 Å². The highest BCUT2D eigenvalue weighted by Gasteiger charge is 2.24. The third kappa shape index (κ3) is 4.26. The normalized spacial score (nSPS) is 14.1. The van der Waals surface area contributed by atoms with Gasteiger partial charge in [0.05, 0.1) is 17.9 Å². The van der Waals surface area contributed by atoms with Crippen LogP contribution in [0.1, 0.15) is 18.4 Å². The smallest absolute Gasteiger partial charge is 0.238 e. The summed E-state index contributed by atoms with van der Waals surface area (Å²) in [6.07, 6.45) is 1.36. The topological polar surface area (TPSA) is 52.7 Å². The molecule has 136 valence electrons. The van der Waals surface area contributed by atoms with E-state index in [0.717, 1.165) is 12.1 Å². The van der Waals surface area contributed by atoms with Crippen LogP contribution in [-0.2, 0) is 16.1 Å². The minimum absolute atomic E-state index is 0.0726. The van der Waals surface area contributed by atoms with Crippen LogP contribution in [0.3, 0.4) is 0 Å². The second-order valence-electron chi connectivity index (χ2n) is 6.48. The molecule has 0 aliphatic carbocycles. The molecule has 1 N–H and O–H groups in total. The summed E-state index contributed by atoms with van der Waals surface area (Å²) >= 11 is 0. The van der Waals surface area contributed by atoms with Gasteiger partial charge in [-0.2, -0.15) is 0 Å². The number of benzene rings is 2. The van der Waals surface area contributed by atoms with Gasteiger partial charge in [0.2, 0.25) is 11.8 Å². The van der Waals surface area contributed by atoms with Crippen molar-refractivity contribution in [3.05, 3.63) is 59.9 Å². The Balaban J connectivity index is 1.63. The molecule has 1 fully saturated rings. The lowest BCUT2D eigenvalue weighted by Crippen LogP contribution is -2.31. The molecule has 1 heterocycles. The molecule has 2 aromatic carbocycles. The summed E-state index contributed by atoms with van der Waals surface area (Å²) in [7, 11) is 1.77. The van der Waals surface area contributed by atoms with Crippen molar-refractivity contribution >= 4 is 23.2 Å². The first kappa shape index (κ1) is 18.1. The van der Waals surface area contributed by atoms with Gasteiger partial charge in [-0.05, 0) is 31.7 Å². The molecule has 0 bridgehead atoms. The highest BCUT2D eigenvalue weighted by molar-refractivity contribution is 6.02. The first-order valence-corrected chi connectivity index (χ1v) is 8.66. The maximum Gasteiger partial charge on any atom is 0.238 e. The van der Waals surface area contributed by atoms with E-state index < -0.39 is 0 Å². The van der Waals surface area contributed by atoms with E-state index in [9.17, 15) is 14.0 Å². The summed E-state index contributed by atoms with van der Waals surface area (Å²) in [6.45, 7) is 1.13. The zero-order valence-corrected chi connectivity index (χ0v) is 14.7. The van der Waals surface area contributed by atoms with Crippen LogP contribution in [0.15, 0.2) is 48.5 Å². The number of hydrogen-bond donors (Lipinski definition) is 1. The molecule has 0 spiro atoms. The molecule has 0 saturated carbocycles. The molecule has 26 heavy (non-hydrogen) atoms. The Labute approximate surface area is 152 Å². The van der Waals surface area contributed by atoms with E-state index in [-0.39, 0.29) is 24.2 Å². The van der Waals surface area contributed by atoms with Gasteiger partial charge >= 0.3 is 0 Å². The highest BCUT2D eigenvalue weighted by Crippen LogP contribution is 2.29. The lowest BCUT2D eigenvalue weighted by molar-refractivity contribution is -0.118. The van der Waals surface area contributed by atoms with E-state index in [1.165, 1.54) is 6.07 Å². The van der Waals surface area contributed by atoms with Gasteiger partial charge < -0.3 is 10.2 Å². The van der Waals surface area contributed by atoms with Crippen LogP contribution >= 0.6 is 0 Å². The largest absolute Gasteiger partial charge is 0.323 e. The number of nitrogens with zero attached hydrogens (tertiary/aromatic N) is 2. The Morgan fingerprint density at radius 1 is 1.19 bits per heavy atom. The number of nitrogens with one attached hydrogen (secondary N) is 1. The van der Waals surface area contributed by atoms with Crippen molar-refractivity contribution in [2.24, 2.45) is 0 Å². The second-order valence-corrected chi connectivity index (χ2v) is 6.48. The molecule has 3 rings (SSSR count). The van der Waals surface area contributed by atoms with E-state index in [4.69, 9.17) is 0 Å². The minimum atomic E-state index is -0.280. The van der Waals surface area contributed by atoms with E-state index in [1.54, 1.807) is 41.1 Å². The molecule has 0 radical (unpaired) electrons. The number of hydrogen-bond acceptors (Lipinski definition) is 3. The lowest BCUT2D eigenvalue weighted by atomic mass is 10.2. The molecular formula is C20H22FN3O2. The van der Waals surface area contributed by atoms with Gasteiger partial charge in [-0.1, -0.05) is 30.3 Å². The summed E-state index contributed by atoms with van der Waals surface area (Å²) in [4.78, 5) is 27.8. The van der Waals surface area contributed by atoms with Gasteiger partial charge in [0.25, 0.3) is 0 Å². The number of para-hydroxylation sites is 2. The maximum absolute atomic E-state index is 13.7. The van der Waals surface area contributed by atoms with Crippen molar-refractivity contribution in [3.8, 4) is 0 Å². The fourth-order valence-electron chi connectivity index (χ4n) is 3.13. The molecule has 6 heteroatoms. The first-order chi connectivity index (χ1) is 12.5. The standard InChI is InChI=1S/C20H22FN3O2/c1-23(13-15-7-2-3-8-16(15)21)14-19(25)22-17-9-4-5-10-18(17)24-12-6-11-20(24)26/h2-5,7-10H,6,11-14H2,1H3,(H,22,25). The summed E-state index contributed by atoms with van der Waals surface area (Å²) in [5, 5.41) is 2.87. The number of amides is 2. The summed E-state index contributed by atoms with van der Waals surface area (Å²) in [5.74, 6) is -0.413. The van der Waals surface area contributed by atoms with E-state index >= 15 is 0 Å². The minimum Gasteiger partial charge on any atom is -0.323 e. The molecule has 1 aliphatic heterocycles. The van der Waals surface area contributed by atoms with Crippen molar-refractivity contribution in [1.82, 2.24) is 4.90 Å². The molecular weight excluding hydrogens is 333 g/mol. The summed E-state index contributed by atoms with van der Waals surface area (Å²) in [6, 6.07) is 13.8. The van der Waals surface area contributed by atoms with Gasteiger partial charge in [0.15, 0.2) is 0 Å². The van der Waals surface area contributed by atoms with Crippen molar-refractivity contribution in [3.63, 3.8) is 0 Å². The Bertz CT molecular complexity index is 809.